The molecule has 14 heavy (non-hydrogen) atoms. The highest BCUT2D eigenvalue weighted by Gasteiger charge is 2.25. The number of nitrogens with zero attached hydrogens (tertiary/aromatic N) is 2. The van der Waals surface area contributed by atoms with Gasteiger partial charge in [-0.05, 0) is 12.8 Å². The number of nitroso groups, excluding NO2 is 1. The van der Waals surface area contributed by atoms with Gasteiger partial charge in [-0.3, -0.25) is 0 Å². The molecule has 1 rings (SSSR count). The Morgan fingerprint density at radius 2 is 2.14 bits per heavy atom. The Kier molecular flexibility index (Phi) is 4.13. The van der Waals surface area contributed by atoms with E-state index in [1.807, 2.05) is 0 Å². The second-order valence-corrected chi connectivity index (χ2v) is 4.02. The van der Waals surface area contributed by atoms with E-state index in [2.05, 4.69) is 10.6 Å². The predicted octanol–water partition coefficient (Wildman–Crippen LogP) is 1.86. The summed E-state index contributed by atoms with van der Waals surface area (Å²) in [6, 6.07) is -0.528. The van der Waals surface area contributed by atoms with Gasteiger partial charge in [0, 0.05) is 13.1 Å². The van der Waals surface area contributed by atoms with Crippen molar-refractivity contribution in [3.05, 3.63) is 4.91 Å². The third-order valence-electron chi connectivity index (χ3n) is 2.41. The Morgan fingerprint density at radius 3 is 2.71 bits per heavy atom. The van der Waals surface area contributed by atoms with Crippen LogP contribution in [-0.2, 0) is 0 Å². The number of urea groups is 1. The zero-order valence-electron chi connectivity index (χ0n) is 8.07. The molecule has 0 saturated heterocycles. The highest BCUT2D eigenvalue weighted by molar-refractivity contribution is 6.21. The van der Waals surface area contributed by atoms with Crippen LogP contribution in [0.25, 0.3) is 0 Å². The van der Waals surface area contributed by atoms with Gasteiger partial charge in [0.05, 0.1) is 10.7 Å². The van der Waals surface area contributed by atoms with Crippen LogP contribution >= 0.6 is 11.6 Å². The maximum atomic E-state index is 11.3. The van der Waals surface area contributed by atoms with E-state index in [-0.39, 0.29) is 11.4 Å². The minimum atomic E-state index is -0.488. The SMILES string of the molecule is CN(N=O)C(=O)N[C@@H]1CCCC[C@H]1Cl. The van der Waals surface area contributed by atoms with Crippen LogP contribution in [-0.4, -0.2) is 29.5 Å². The Labute approximate surface area is 87.7 Å². The van der Waals surface area contributed by atoms with Gasteiger partial charge in [-0.2, -0.15) is 5.01 Å². The van der Waals surface area contributed by atoms with E-state index in [9.17, 15) is 9.70 Å². The van der Waals surface area contributed by atoms with E-state index >= 15 is 0 Å². The summed E-state index contributed by atoms with van der Waals surface area (Å²) in [5, 5.41) is 5.89. The molecule has 0 spiro atoms. The molecule has 1 fully saturated rings. The molecule has 0 radical (unpaired) electrons. The molecule has 0 heterocycles. The standard InChI is InChI=1S/C8H14ClN3O2/c1-12(11-14)8(13)10-7-5-3-2-4-6(7)9/h6-7H,2-5H2,1H3,(H,10,13)/t6-,7-/m1/s1. The first kappa shape index (κ1) is 11.2. The van der Waals surface area contributed by atoms with E-state index in [4.69, 9.17) is 11.6 Å². The number of rotatable bonds is 2. The van der Waals surface area contributed by atoms with Gasteiger partial charge >= 0.3 is 6.03 Å². The number of hydrogen-bond acceptors (Lipinski definition) is 3. The van der Waals surface area contributed by atoms with Crippen LogP contribution in [0.1, 0.15) is 25.7 Å². The summed E-state index contributed by atoms with van der Waals surface area (Å²) >= 11 is 6.03. The second kappa shape index (κ2) is 5.14. The normalized spacial score (nSPS) is 26.7. The first-order valence-electron chi connectivity index (χ1n) is 4.66. The highest BCUT2D eigenvalue weighted by Crippen LogP contribution is 2.23. The zero-order valence-corrected chi connectivity index (χ0v) is 8.83. The molecule has 2 amide bonds. The number of hydrogen-bond donors (Lipinski definition) is 1. The van der Waals surface area contributed by atoms with Gasteiger partial charge in [0.15, 0.2) is 0 Å². The van der Waals surface area contributed by atoms with E-state index in [1.165, 1.54) is 7.05 Å². The van der Waals surface area contributed by atoms with Crippen molar-refractivity contribution < 1.29 is 4.79 Å². The van der Waals surface area contributed by atoms with Crippen LogP contribution in [0.15, 0.2) is 5.29 Å². The molecule has 0 aliphatic heterocycles. The van der Waals surface area contributed by atoms with Gasteiger partial charge < -0.3 is 5.32 Å². The van der Waals surface area contributed by atoms with Gasteiger partial charge in [-0.25, -0.2) is 4.79 Å². The summed E-state index contributed by atoms with van der Waals surface area (Å²) in [6.07, 6.45) is 3.94. The molecule has 1 aliphatic rings. The maximum absolute atomic E-state index is 11.3. The summed E-state index contributed by atoms with van der Waals surface area (Å²) in [7, 11) is 1.31. The lowest BCUT2D eigenvalue weighted by Crippen LogP contribution is -2.46. The van der Waals surface area contributed by atoms with Crippen LogP contribution in [0.4, 0.5) is 4.79 Å². The average molecular weight is 220 g/mol. The number of amides is 2. The lowest BCUT2D eigenvalue weighted by molar-refractivity contribution is 0.202. The minimum Gasteiger partial charge on any atom is -0.332 e. The van der Waals surface area contributed by atoms with Gasteiger partial charge in [0.1, 0.15) is 0 Å². The van der Waals surface area contributed by atoms with Gasteiger partial charge in [-0.15, -0.1) is 16.5 Å². The van der Waals surface area contributed by atoms with E-state index in [0.717, 1.165) is 30.7 Å². The summed E-state index contributed by atoms with van der Waals surface area (Å²) in [5.41, 5.74) is 0. The fourth-order valence-electron chi connectivity index (χ4n) is 1.54. The molecule has 0 aromatic rings. The number of carbonyl (C=O) groups excluding carboxylic acids is 1. The number of carbonyl (C=O) groups is 1. The first-order chi connectivity index (χ1) is 6.65. The molecule has 0 unspecified atom stereocenters. The zero-order chi connectivity index (χ0) is 10.6. The fraction of sp³-hybridized carbons (Fsp3) is 0.875. The van der Waals surface area contributed by atoms with Crippen LogP contribution in [0, 0.1) is 4.91 Å². The molecule has 80 valence electrons. The molecule has 1 aliphatic carbocycles. The maximum Gasteiger partial charge on any atom is 0.340 e. The molecule has 6 heteroatoms. The predicted molar refractivity (Wildman–Crippen MR) is 54.0 cm³/mol. The van der Waals surface area contributed by atoms with E-state index in [1.54, 1.807) is 0 Å². The van der Waals surface area contributed by atoms with Crippen LogP contribution in [0.3, 0.4) is 0 Å². The molecule has 2 atom stereocenters. The lowest BCUT2D eigenvalue weighted by Gasteiger charge is -2.28. The van der Waals surface area contributed by atoms with Crippen molar-refractivity contribution in [1.29, 1.82) is 0 Å². The van der Waals surface area contributed by atoms with Crippen molar-refractivity contribution in [1.82, 2.24) is 10.3 Å². The summed E-state index contributed by atoms with van der Waals surface area (Å²) < 4.78 is 0. The smallest absolute Gasteiger partial charge is 0.332 e. The third-order valence-corrected chi connectivity index (χ3v) is 2.93. The third kappa shape index (κ3) is 2.83. The summed E-state index contributed by atoms with van der Waals surface area (Å²) in [6.45, 7) is 0. The van der Waals surface area contributed by atoms with Crippen molar-refractivity contribution >= 4 is 17.6 Å². The summed E-state index contributed by atoms with van der Waals surface area (Å²) in [5.74, 6) is 0. The number of halogens is 1. The van der Waals surface area contributed by atoms with Crippen LogP contribution in [0.2, 0.25) is 0 Å². The average Bonchev–Trinajstić information content (AvgIpc) is 2.20. The van der Waals surface area contributed by atoms with E-state index < -0.39 is 6.03 Å². The summed E-state index contributed by atoms with van der Waals surface area (Å²) in [4.78, 5) is 21.3. The second-order valence-electron chi connectivity index (χ2n) is 3.46. The van der Waals surface area contributed by atoms with Crippen molar-refractivity contribution in [2.24, 2.45) is 5.29 Å². The van der Waals surface area contributed by atoms with Gasteiger partial charge in [0.2, 0.25) is 0 Å². The molecule has 0 aromatic carbocycles. The van der Waals surface area contributed by atoms with E-state index in [0.29, 0.717) is 0 Å². The monoisotopic (exact) mass is 219 g/mol. The van der Waals surface area contributed by atoms with Crippen LogP contribution in [0.5, 0.6) is 0 Å². The Bertz CT molecular complexity index is 225. The quantitative estimate of drug-likeness (QED) is 0.438. The van der Waals surface area contributed by atoms with Gasteiger partial charge in [0.25, 0.3) is 0 Å². The largest absolute Gasteiger partial charge is 0.340 e. The topological polar surface area (TPSA) is 61.8 Å². The Hall–Kier alpha value is -0.840. The first-order valence-corrected chi connectivity index (χ1v) is 5.10. The molecule has 5 nitrogen and oxygen atoms in total. The Morgan fingerprint density at radius 1 is 1.50 bits per heavy atom. The Balaban J connectivity index is 2.42. The van der Waals surface area contributed by atoms with Crippen molar-refractivity contribution in [3.63, 3.8) is 0 Å². The molecule has 0 bridgehead atoms. The minimum absolute atomic E-state index is 0.0345. The van der Waals surface area contributed by atoms with Crippen molar-refractivity contribution in [2.45, 2.75) is 37.1 Å². The highest BCUT2D eigenvalue weighted by atomic mass is 35.5. The fourth-order valence-corrected chi connectivity index (χ4v) is 1.88. The molecular weight excluding hydrogens is 206 g/mol. The van der Waals surface area contributed by atoms with Crippen molar-refractivity contribution in [2.75, 3.05) is 7.05 Å². The molecule has 1 N–H and O–H groups in total. The van der Waals surface area contributed by atoms with Crippen molar-refractivity contribution in [3.8, 4) is 0 Å². The molecular formula is C8H14ClN3O2. The van der Waals surface area contributed by atoms with Crippen LogP contribution < -0.4 is 5.32 Å². The number of alkyl halides is 1. The molecule has 0 aromatic heterocycles. The lowest BCUT2D eigenvalue weighted by atomic mass is 9.95. The van der Waals surface area contributed by atoms with Gasteiger partial charge in [-0.1, -0.05) is 12.8 Å². The number of nitrogens with one attached hydrogen (secondary N) is 1. The molecule has 1 saturated carbocycles.